The molecule has 2 aromatic rings. The third-order valence-corrected chi connectivity index (χ3v) is 4.26. The van der Waals surface area contributed by atoms with E-state index < -0.39 is 5.97 Å². The molecule has 0 bridgehead atoms. The summed E-state index contributed by atoms with van der Waals surface area (Å²) in [5.41, 5.74) is 2.57. The number of hydrogen-bond acceptors (Lipinski definition) is 5. The smallest absolute Gasteiger partial charge is 0.308 e. The average Bonchev–Trinajstić information content (AvgIpc) is 2.61. The van der Waals surface area contributed by atoms with Gasteiger partial charge in [0, 0.05) is 33.3 Å². The summed E-state index contributed by atoms with van der Waals surface area (Å²) in [5.74, 6) is -0.467. The Hall–Kier alpha value is -2.86. The molecule has 6 nitrogen and oxygen atoms in total. The van der Waals surface area contributed by atoms with E-state index in [0.29, 0.717) is 12.1 Å². The summed E-state index contributed by atoms with van der Waals surface area (Å²) in [7, 11) is 7.95. The van der Waals surface area contributed by atoms with Crippen molar-refractivity contribution >= 4 is 17.6 Å². The van der Waals surface area contributed by atoms with Crippen molar-refractivity contribution in [1.29, 1.82) is 0 Å². The van der Waals surface area contributed by atoms with Gasteiger partial charge in [-0.15, -0.1) is 0 Å². The minimum absolute atomic E-state index is 0.0195. The number of ether oxygens (including phenoxy) is 1. The summed E-state index contributed by atoms with van der Waals surface area (Å²) < 4.78 is 5.13. The topological polar surface area (TPSA) is 61.9 Å². The van der Waals surface area contributed by atoms with E-state index in [0.717, 1.165) is 11.3 Å². The van der Waals surface area contributed by atoms with Gasteiger partial charge in [0.1, 0.15) is 5.75 Å². The number of likely N-dealkylation sites (N-methyl/N-ethyl adjacent to an activating group) is 1. The minimum Gasteiger partial charge on any atom is -0.426 e. The quantitative estimate of drug-likeness (QED) is 0.601. The Balaban J connectivity index is 2.12. The van der Waals surface area contributed by atoms with E-state index in [1.54, 1.807) is 24.3 Å². The number of anilines is 1. The number of benzene rings is 2. The van der Waals surface area contributed by atoms with Gasteiger partial charge < -0.3 is 19.9 Å². The first-order valence-corrected chi connectivity index (χ1v) is 8.79. The second kappa shape index (κ2) is 9.19. The molecule has 2 aromatic carbocycles. The van der Waals surface area contributed by atoms with Crippen LogP contribution in [0.2, 0.25) is 0 Å². The van der Waals surface area contributed by atoms with Crippen LogP contribution >= 0.6 is 0 Å². The van der Waals surface area contributed by atoms with Gasteiger partial charge in [-0.25, -0.2) is 0 Å². The molecule has 0 aliphatic carbocycles. The molecule has 0 saturated carbocycles. The van der Waals surface area contributed by atoms with E-state index in [1.807, 2.05) is 33.1 Å². The third kappa shape index (κ3) is 5.56. The number of nitrogens with one attached hydrogen (secondary N) is 1. The van der Waals surface area contributed by atoms with Gasteiger partial charge in [-0.2, -0.15) is 0 Å². The van der Waals surface area contributed by atoms with Gasteiger partial charge in [0.15, 0.2) is 0 Å². The number of esters is 1. The molecule has 0 saturated heterocycles. The van der Waals surface area contributed by atoms with Gasteiger partial charge in [0.05, 0.1) is 11.6 Å². The van der Waals surface area contributed by atoms with Gasteiger partial charge in [-0.1, -0.05) is 24.3 Å². The molecule has 2 rings (SSSR count). The summed E-state index contributed by atoms with van der Waals surface area (Å²) in [6, 6.07) is 15.0. The van der Waals surface area contributed by atoms with E-state index in [1.165, 1.54) is 6.92 Å². The lowest BCUT2D eigenvalue weighted by atomic mass is 10.0. The van der Waals surface area contributed by atoms with Crippen molar-refractivity contribution in [2.75, 3.05) is 39.6 Å². The molecule has 144 valence electrons. The number of carbonyl (C=O) groups excluding carboxylic acids is 2. The van der Waals surface area contributed by atoms with Crippen molar-refractivity contribution in [2.45, 2.75) is 13.0 Å². The number of hydrogen-bond donors (Lipinski definition) is 1. The molecule has 0 unspecified atom stereocenters. The van der Waals surface area contributed by atoms with Gasteiger partial charge in [0.2, 0.25) is 0 Å². The number of rotatable bonds is 7. The average molecular weight is 369 g/mol. The largest absolute Gasteiger partial charge is 0.426 e. The Morgan fingerprint density at radius 2 is 1.63 bits per heavy atom. The highest BCUT2D eigenvalue weighted by Crippen LogP contribution is 2.22. The van der Waals surface area contributed by atoms with Crippen LogP contribution in [-0.2, 0) is 4.79 Å². The van der Waals surface area contributed by atoms with Crippen molar-refractivity contribution in [3.8, 4) is 5.75 Å². The summed E-state index contributed by atoms with van der Waals surface area (Å²) >= 11 is 0. The zero-order valence-electron chi connectivity index (χ0n) is 16.5. The normalized spacial score (nSPS) is 11.8. The maximum atomic E-state index is 12.6. The lowest BCUT2D eigenvalue weighted by molar-refractivity contribution is -0.131. The summed E-state index contributed by atoms with van der Waals surface area (Å²) in [6.07, 6.45) is 0. The molecule has 6 heteroatoms. The Labute approximate surface area is 160 Å². The highest BCUT2D eigenvalue weighted by atomic mass is 16.5. The van der Waals surface area contributed by atoms with E-state index in [9.17, 15) is 9.59 Å². The predicted molar refractivity (Wildman–Crippen MR) is 107 cm³/mol. The van der Waals surface area contributed by atoms with Crippen LogP contribution < -0.4 is 15.0 Å². The van der Waals surface area contributed by atoms with Gasteiger partial charge in [-0.05, 0) is 43.9 Å². The van der Waals surface area contributed by atoms with E-state index >= 15 is 0 Å². The molecule has 0 spiro atoms. The molecule has 1 atom stereocenters. The Morgan fingerprint density at radius 3 is 2.19 bits per heavy atom. The van der Waals surface area contributed by atoms with Crippen LogP contribution in [0.4, 0.5) is 5.69 Å². The third-order valence-electron chi connectivity index (χ3n) is 4.26. The Morgan fingerprint density at radius 1 is 1.00 bits per heavy atom. The number of nitrogens with zero attached hydrogens (tertiary/aromatic N) is 2. The van der Waals surface area contributed by atoms with E-state index in [2.05, 4.69) is 34.5 Å². The van der Waals surface area contributed by atoms with Crippen molar-refractivity contribution < 1.29 is 14.3 Å². The maximum Gasteiger partial charge on any atom is 0.308 e. The maximum absolute atomic E-state index is 12.6. The second-order valence-corrected chi connectivity index (χ2v) is 6.77. The fourth-order valence-electron chi connectivity index (χ4n) is 2.78. The SMILES string of the molecule is CC(=O)Oc1ccccc1C(=O)NC[C@H](c1ccc(N(C)C)cc1)N(C)C. The molecule has 1 N–H and O–H groups in total. The molecule has 0 heterocycles. The Bertz CT molecular complexity index is 786. The first kappa shape index (κ1) is 20.5. The number of para-hydroxylation sites is 1. The zero-order valence-corrected chi connectivity index (χ0v) is 16.5. The molecular weight excluding hydrogens is 342 g/mol. The lowest BCUT2D eigenvalue weighted by Crippen LogP contribution is -2.34. The fourth-order valence-corrected chi connectivity index (χ4v) is 2.78. The standard InChI is InChI=1S/C21H27N3O3/c1-15(25)27-20-9-7-6-8-18(20)21(26)22-14-19(24(4)5)16-10-12-17(13-11-16)23(2)3/h6-13,19H,14H2,1-5H3,(H,22,26)/t19-/m1/s1. The van der Waals surface area contributed by atoms with Crippen LogP contribution in [0.1, 0.15) is 28.9 Å². The fraction of sp³-hybridized carbons (Fsp3) is 0.333. The molecule has 0 aliphatic rings. The molecule has 1 amide bonds. The molecule has 0 radical (unpaired) electrons. The summed E-state index contributed by atoms with van der Waals surface area (Å²) in [5, 5.41) is 2.95. The highest BCUT2D eigenvalue weighted by Gasteiger charge is 2.18. The molecule has 0 aliphatic heterocycles. The molecule has 0 fully saturated rings. The van der Waals surface area contributed by atoms with E-state index in [-0.39, 0.29) is 17.7 Å². The first-order valence-electron chi connectivity index (χ1n) is 8.79. The monoisotopic (exact) mass is 369 g/mol. The van der Waals surface area contributed by atoms with Crippen molar-refractivity contribution in [1.82, 2.24) is 10.2 Å². The van der Waals surface area contributed by atoms with Crippen LogP contribution in [0.15, 0.2) is 48.5 Å². The van der Waals surface area contributed by atoms with Crippen LogP contribution in [0.25, 0.3) is 0 Å². The van der Waals surface area contributed by atoms with E-state index in [4.69, 9.17) is 4.74 Å². The predicted octanol–water partition coefficient (Wildman–Crippen LogP) is 2.71. The second-order valence-electron chi connectivity index (χ2n) is 6.77. The zero-order chi connectivity index (χ0) is 20.0. The highest BCUT2D eigenvalue weighted by molar-refractivity contribution is 5.97. The van der Waals surface area contributed by atoms with Crippen molar-refractivity contribution in [2.24, 2.45) is 0 Å². The Kier molecular flexibility index (Phi) is 6.96. The summed E-state index contributed by atoms with van der Waals surface area (Å²) in [4.78, 5) is 28.0. The van der Waals surface area contributed by atoms with Crippen LogP contribution in [-0.4, -0.2) is 51.5 Å². The molecule has 27 heavy (non-hydrogen) atoms. The van der Waals surface area contributed by atoms with Gasteiger partial charge in [-0.3, -0.25) is 9.59 Å². The number of carbonyl (C=O) groups is 2. The summed E-state index contributed by atoms with van der Waals surface area (Å²) in [6.45, 7) is 1.75. The lowest BCUT2D eigenvalue weighted by Gasteiger charge is -2.26. The minimum atomic E-state index is -0.456. The van der Waals surface area contributed by atoms with Crippen LogP contribution in [0.5, 0.6) is 5.75 Å². The molecular formula is C21H27N3O3. The molecule has 0 aromatic heterocycles. The van der Waals surface area contributed by atoms with Crippen molar-refractivity contribution in [3.63, 3.8) is 0 Å². The van der Waals surface area contributed by atoms with Gasteiger partial charge in [0.25, 0.3) is 5.91 Å². The van der Waals surface area contributed by atoms with Crippen molar-refractivity contribution in [3.05, 3.63) is 59.7 Å². The van der Waals surface area contributed by atoms with Crippen LogP contribution in [0.3, 0.4) is 0 Å². The van der Waals surface area contributed by atoms with Crippen LogP contribution in [0, 0.1) is 0 Å². The van der Waals surface area contributed by atoms with Gasteiger partial charge >= 0.3 is 5.97 Å². The number of amides is 1. The first-order chi connectivity index (χ1) is 12.8.